The average molecular weight is 363 g/mol. The predicted molar refractivity (Wildman–Crippen MR) is 91.2 cm³/mol. The summed E-state index contributed by atoms with van der Waals surface area (Å²) in [5.41, 5.74) is 0.248. The third-order valence-corrected chi connectivity index (χ3v) is 4.89. The third-order valence-electron chi connectivity index (χ3n) is 3.23. The van der Waals surface area contributed by atoms with Gasteiger partial charge in [-0.15, -0.1) is 21.5 Å². The molecule has 0 radical (unpaired) electrons. The van der Waals surface area contributed by atoms with E-state index in [-0.39, 0.29) is 28.3 Å². The van der Waals surface area contributed by atoms with Crippen LogP contribution >= 0.6 is 23.1 Å². The highest BCUT2D eigenvalue weighted by molar-refractivity contribution is 7.99. The van der Waals surface area contributed by atoms with Gasteiger partial charge in [0, 0.05) is 11.9 Å². The van der Waals surface area contributed by atoms with E-state index in [2.05, 4.69) is 10.2 Å². The van der Waals surface area contributed by atoms with Gasteiger partial charge in [-0.1, -0.05) is 30.0 Å². The molecule has 0 aliphatic rings. The average Bonchev–Trinajstić information content (AvgIpc) is 3.24. The lowest BCUT2D eigenvalue weighted by molar-refractivity contribution is -0.127. The molecule has 0 fully saturated rings. The molecule has 2 aromatic heterocycles. The molecule has 0 unspecified atom stereocenters. The minimum Gasteiger partial charge on any atom is -0.411 e. The summed E-state index contributed by atoms with van der Waals surface area (Å²) < 4.78 is 19.1. The monoisotopic (exact) mass is 363 g/mol. The van der Waals surface area contributed by atoms with Crippen LogP contribution in [0.25, 0.3) is 11.5 Å². The highest BCUT2D eigenvalue weighted by Crippen LogP contribution is 2.25. The SMILES string of the molecule is CN(Cc1cccs1)C(=O)CSc1nnc(-c2ccccc2F)o1. The number of aromatic nitrogens is 2. The molecule has 0 saturated heterocycles. The minimum atomic E-state index is -0.426. The van der Waals surface area contributed by atoms with Gasteiger partial charge >= 0.3 is 0 Å². The molecule has 0 aliphatic carbocycles. The third kappa shape index (κ3) is 4.01. The number of benzene rings is 1. The number of halogens is 1. The Labute approximate surface area is 146 Å². The van der Waals surface area contributed by atoms with E-state index in [0.717, 1.165) is 16.6 Å². The lowest BCUT2D eigenvalue weighted by Gasteiger charge is -2.15. The Morgan fingerprint density at radius 3 is 2.88 bits per heavy atom. The van der Waals surface area contributed by atoms with Crippen molar-refractivity contribution in [2.75, 3.05) is 12.8 Å². The zero-order chi connectivity index (χ0) is 16.9. The molecule has 0 aliphatic heterocycles. The van der Waals surface area contributed by atoms with Crippen LogP contribution in [0.1, 0.15) is 4.88 Å². The number of nitrogens with zero attached hydrogens (tertiary/aromatic N) is 3. The Balaban J connectivity index is 1.57. The van der Waals surface area contributed by atoms with Gasteiger partial charge in [0.25, 0.3) is 11.1 Å². The molecule has 3 aromatic rings. The van der Waals surface area contributed by atoms with Crippen LogP contribution in [-0.2, 0) is 11.3 Å². The van der Waals surface area contributed by atoms with Gasteiger partial charge in [0.05, 0.1) is 17.9 Å². The molecular weight excluding hydrogens is 349 g/mol. The Morgan fingerprint density at radius 2 is 2.12 bits per heavy atom. The maximum atomic E-state index is 13.7. The minimum absolute atomic E-state index is 0.0426. The molecule has 0 atom stereocenters. The van der Waals surface area contributed by atoms with E-state index in [1.807, 2.05) is 17.5 Å². The smallest absolute Gasteiger partial charge is 0.277 e. The molecular formula is C16H14FN3O2S2. The van der Waals surface area contributed by atoms with Crippen LogP contribution in [0.3, 0.4) is 0 Å². The van der Waals surface area contributed by atoms with Crippen LogP contribution in [0.2, 0.25) is 0 Å². The molecule has 2 heterocycles. The molecule has 3 rings (SSSR count). The van der Waals surface area contributed by atoms with Crippen LogP contribution in [0.15, 0.2) is 51.4 Å². The Hall–Kier alpha value is -2.19. The van der Waals surface area contributed by atoms with Gasteiger partial charge in [-0.2, -0.15) is 0 Å². The van der Waals surface area contributed by atoms with E-state index in [9.17, 15) is 9.18 Å². The predicted octanol–water partition coefficient (Wildman–Crippen LogP) is 3.69. The zero-order valence-corrected chi connectivity index (χ0v) is 14.4. The first-order valence-corrected chi connectivity index (χ1v) is 8.97. The van der Waals surface area contributed by atoms with E-state index < -0.39 is 5.82 Å². The summed E-state index contributed by atoms with van der Waals surface area (Å²) in [7, 11) is 1.75. The van der Waals surface area contributed by atoms with Gasteiger partial charge < -0.3 is 9.32 Å². The van der Waals surface area contributed by atoms with Gasteiger partial charge in [0.2, 0.25) is 5.91 Å². The van der Waals surface area contributed by atoms with Crippen molar-refractivity contribution in [1.82, 2.24) is 15.1 Å². The normalized spacial score (nSPS) is 10.8. The van der Waals surface area contributed by atoms with Crippen molar-refractivity contribution in [3.8, 4) is 11.5 Å². The number of hydrogen-bond donors (Lipinski definition) is 0. The maximum Gasteiger partial charge on any atom is 0.277 e. The van der Waals surface area contributed by atoms with E-state index in [0.29, 0.717) is 6.54 Å². The van der Waals surface area contributed by atoms with Crippen molar-refractivity contribution in [3.05, 3.63) is 52.5 Å². The van der Waals surface area contributed by atoms with Crippen LogP contribution in [0.5, 0.6) is 0 Å². The number of hydrogen-bond acceptors (Lipinski definition) is 6. The number of rotatable bonds is 6. The van der Waals surface area contributed by atoms with Gasteiger partial charge in [-0.05, 0) is 23.6 Å². The molecule has 24 heavy (non-hydrogen) atoms. The van der Waals surface area contributed by atoms with Crippen LogP contribution in [0, 0.1) is 5.82 Å². The molecule has 124 valence electrons. The molecule has 5 nitrogen and oxygen atoms in total. The highest BCUT2D eigenvalue weighted by Gasteiger charge is 2.15. The second-order valence-electron chi connectivity index (χ2n) is 4.97. The summed E-state index contributed by atoms with van der Waals surface area (Å²) in [6, 6.07) is 10.1. The lowest BCUT2D eigenvalue weighted by atomic mass is 10.2. The van der Waals surface area contributed by atoms with Crippen molar-refractivity contribution < 1.29 is 13.6 Å². The van der Waals surface area contributed by atoms with Crippen molar-refractivity contribution in [1.29, 1.82) is 0 Å². The summed E-state index contributed by atoms with van der Waals surface area (Å²) in [4.78, 5) is 14.9. The summed E-state index contributed by atoms with van der Waals surface area (Å²) in [5, 5.41) is 9.90. The second-order valence-corrected chi connectivity index (χ2v) is 6.93. The quantitative estimate of drug-likeness (QED) is 0.625. The van der Waals surface area contributed by atoms with Gasteiger partial charge in [0.1, 0.15) is 5.82 Å². The maximum absolute atomic E-state index is 13.7. The summed E-state index contributed by atoms with van der Waals surface area (Å²) in [6.07, 6.45) is 0. The van der Waals surface area contributed by atoms with Crippen molar-refractivity contribution in [2.45, 2.75) is 11.8 Å². The van der Waals surface area contributed by atoms with Crippen LogP contribution in [-0.4, -0.2) is 33.8 Å². The van der Waals surface area contributed by atoms with Gasteiger partial charge in [-0.3, -0.25) is 4.79 Å². The van der Waals surface area contributed by atoms with E-state index >= 15 is 0 Å². The van der Waals surface area contributed by atoms with E-state index in [1.54, 1.807) is 41.5 Å². The topological polar surface area (TPSA) is 59.2 Å². The number of amides is 1. The van der Waals surface area contributed by atoms with Gasteiger partial charge in [0.15, 0.2) is 0 Å². The van der Waals surface area contributed by atoms with E-state index in [4.69, 9.17) is 4.42 Å². The van der Waals surface area contributed by atoms with Crippen LogP contribution < -0.4 is 0 Å². The van der Waals surface area contributed by atoms with E-state index in [1.165, 1.54) is 6.07 Å². The highest BCUT2D eigenvalue weighted by atomic mass is 32.2. The molecule has 0 saturated carbocycles. The zero-order valence-electron chi connectivity index (χ0n) is 12.8. The van der Waals surface area contributed by atoms with Gasteiger partial charge in [-0.25, -0.2) is 4.39 Å². The van der Waals surface area contributed by atoms with Crippen molar-refractivity contribution in [3.63, 3.8) is 0 Å². The summed E-state index contributed by atoms with van der Waals surface area (Å²) in [6.45, 7) is 0.571. The number of carbonyl (C=O) groups excluding carboxylic acids is 1. The fourth-order valence-electron chi connectivity index (χ4n) is 1.97. The first-order chi connectivity index (χ1) is 11.6. The summed E-state index contributed by atoms with van der Waals surface area (Å²) >= 11 is 2.75. The molecule has 0 spiro atoms. The lowest BCUT2D eigenvalue weighted by Crippen LogP contribution is -2.27. The number of thioether (sulfide) groups is 1. The summed E-state index contributed by atoms with van der Waals surface area (Å²) in [5.74, 6) is -0.181. The molecule has 0 bridgehead atoms. The standard InChI is InChI=1S/C16H14FN3O2S2/c1-20(9-11-5-4-8-23-11)14(21)10-24-16-19-18-15(22-16)12-6-2-3-7-13(12)17/h2-8H,9-10H2,1H3. The van der Waals surface area contributed by atoms with Crippen molar-refractivity contribution in [2.24, 2.45) is 0 Å². The largest absolute Gasteiger partial charge is 0.411 e. The number of carbonyl (C=O) groups is 1. The second kappa shape index (κ2) is 7.59. The molecule has 1 aromatic carbocycles. The Kier molecular flexibility index (Phi) is 5.27. The van der Waals surface area contributed by atoms with Crippen molar-refractivity contribution >= 4 is 29.0 Å². The van der Waals surface area contributed by atoms with Crippen LogP contribution in [0.4, 0.5) is 4.39 Å². The Morgan fingerprint density at radius 1 is 1.29 bits per heavy atom. The first kappa shape index (κ1) is 16.7. The number of thiophene rings is 1. The molecule has 1 amide bonds. The molecule has 0 N–H and O–H groups in total. The fourth-order valence-corrected chi connectivity index (χ4v) is 3.43. The Bertz CT molecular complexity index is 820. The fraction of sp³-hybridized carbons (Fsp3) is 0.188. The first-order valence-electron chi connectivity index (χ1n) is 7.11. The molecule has 8 heteroatoms.